The molecule has 1 atom stereocenters. The van der Waals surface area contributed by atoms with E-state index in [2.05, 4.69) is 18.7 Å². The average Bonchev–Trinajstić information content (AvgIpc) is 3.13. The molecule has 0 spiro atoms. The number of aliphatic hydroxyl groups is 1. The predicted octanol–water partition coefficient (Wildman–Crippen LogP) is 5.29. The summed E-state index contributed by atoms with van der Waals surface area (Å²) in [6, 6.07) is 11.4. The van der Waals surface area contributed by atoms with E-state index >= 15 is 0 Å². The van der Waals surface area contributed by atoms with E-state index in [4.69, 9.17) is 21.1 Å². The first-order chi connectivity index (χ1) is 17.4. The summed E-state index contributed by atoms with van der Waals surface area (Å²) in [5, 5.41) is 11.6. The zero-order valence-corrected chi connectivity index (χ0v) is 22.2. The number of rotatable bonds is 12. The largest absolute Gasteiger partial charge is 0.507 e. The van der Waals surface area contributed by atoms with E-state index in [1.807, 2.05) is 38.1 Å². The smallest absolute Gasteiger partial charge is 0.295 e. The Morgan fingerprint density at radius 3 is 2.25 bits per heavy atom. The van der Waals surface area contributed by atoms with E-state index in [9.17, 15) is 14.7 Å². The number of hydrogen-bond acceptors (Lipinski definition) is 6. The van der Waals surface area contributed by atoms with Crippen LogP contribution >= 0.6 is 11.6 Å². The summed E-state index contributed by atoms with van der Waals surface area (Å²) < 4.78 is 11.0. The highest BCUT2D eigenvalue weighted by Crippen LogP contribution is 2.40. The molecule has 0 saturated carbocycles. The van der Waals surface area contributed by atoms with Gasteiger partial charge in [0.05, 0.1) is 29.9 Å². The van der Waals surface area contributed by atoms with Crippen molar-refractivity contribution in [2.45, 2.75) is 40.2 Å². The minimum absolute atomic E-state index is 0.0484. The molecule has 1 fully saturated rings. The van der Waals surface area contributed by atoms with Crippen molar-refractivity contribution in [3.8, 4) is 11.5 Å². The van der Waals surface area contributed by atoms with Crippen molar-refractivity contribution >= 4 is 29.1 Å². The fourth-order valence-electron chi connectivity index (χ4n) is 4.45. The molecule has 1 N–H and O–H groups in total. The van der Waals surface area contributed by atoms with Gasteiger partial charge in [0.2, 0.25) is 0 Å². The third-order valence-electron chi connectivity index (χ3n) is 6.32. The predicted molar refractivity (Wildman–Crippen MR) is 142 cm³/mol. The van der Waals surface area contributed by atoms with Gasteiger partial charge in [-0.3, -0.25) is 9.59 Å². The second-order valence-electron chi connectivity index (χ2n) is 8.45. The molecule has 0 unspecified atom stereocenters. The highest BCUT2D eigenvalue weighted by Gasteiger charge is 2.45. The molecule has 1 heterocycles. The van der Waals surface area contributed by atoms with Crippen molar-refractivity contribution in [1.29, 1.82) is 0 Å². The van der Waals surface area contributed by atoms with Crippen molar-refractivity contribution < 1.29 is 24.2 Å². The standard InChI is InChI=1S/C28H35ClN2O5/c1-5-30(6-2)16-9-17-31-25(19-10-13-21(14-11-19)35-7-3)24(27(33)28(31)34)26(32)20-12-15-23(36-8-4)22(29)18-20/h10-15,18,25,32H,5-9,16-17H2,1-4H3/b26-24+/t25-/m0/s1. The molecule has 0 radical (unpaired) electrons. The zero-order chi connectivity index (χ0) is 26.2. The number of ketones is 1. The molecule has 0 aliphatic carbocycles. The fraction of sp³-hybridized carbons (Fsp3) is 0.429. The second kappa shape index (κ2) is 12.8. The summed E-state index contributed by atoms with van der Waals surface area (Å²) in [7, 11) is 0. The number of amides is 1. The molecule has 1 saturated heterocycles. The molecule has 2 aromatic carbocycles. The van der Waals surface area contributed by atoms with Gasteiger partial charge in [0.15, 0.2) is 0 Å². The highest BCUT2D eigenvalue weighted by molar-refractivity contribution is 6.46. The monoisotopic (exact) mass is 514 g/mol. The zero-order valence-electron chi connectivity index (χ0n) is 21.4. The molecule has 0 aromatic heterocycles. The van der Waals surface area contributed by atoms with Gasteiger partial charge in [0.1, 0.15) is 17.3 Å². The van der Waals surface area contributed by atoms with Crippen molar-refractivity contribution in [3.05, 3.63) is 64.2 Å². The minimum Gasteiger partial charge on any atom is -0.507 e. The molecule has 3 rings (SSSR count). The normalized spacial score (nSPS) is 17.2. The van der Waals surface area contributed by atoms with E-state index in [1.54, 1.807) is 23.1 Å². The molecule has 1 aliphatic heterocycles. The summed E-state index contributed by atoms with van der Waals surface area (Å²) in [5.74, 6) is -0.414. The summed E-state index contributed by atoms with van der Waals surface area (Å²) in [4.78, 5) is 30.2. The van der Waals surface area contributed by atoms with Crippen molar-refractivity contribution in [3.63, 3.8) is 0 Å². The van der Waals surface area contributed by atoms with Gasteiger partial charge in [-0.2, -0.15) is 0 Å². The van der Waals surface area contributed by atoms with Crippen LogP contribution in [0.5, 0.6) is 11.5 Å². The molecule has 194 valence electrons. The van der Waals surface area contributed by atoms with Crippen LogP contribution in [-0.2, 0) is 9.59 Å². The summed E-state index contributed by atoms with van der Waals surface area (Å²) in [5.41, 5.74) is 1.12. The van der Waals surface area contributed by atoms with Gasteiger partial charge in [-0.25, -0.2) is 0 Å². The number of halogens is 1. The fourth-order valence-corrected chi connectivity index (χ4v) is 4.69. The molecule has 7 nitrogen and oxygen atoms in total. The maximum atomic E-state index is 13.2. The van der Waals surface area contributed by atoms with Gasteiger partial charge >= 0.3 is 0 Å². The van der Waals surface area contributed by atoms with E-state index in [-0.39, 0.29) is 11.3 Å². The number of aliphatic hydroxyl groups excluding tert-OH is 1. The number of likely N-dealkylation sites (tertiary alicyclic amines) is 1. The Morgan fingerprint density at radius 1 is 1.00 bits per heavy atom. The Kier molecular flexibility index (Phi) is 9.79. The Balaban J connectivity index is 2.03. The van der Waals surface area contributed by atoms with E-state index in [1.165, 1.54) is 0 Å². The van der Waals surface area contributed by atoms with Crippen LogP contribution in [0.4, 0.5) is 0 Å². The maximum Gasteiger partial charge on any atom is 0.295 e. The van der Waals surface area contributed by atoms with Gasteiger partial charge in [-0.1, -0.05) is 37.6 Å². The van der Waals surface area contributed by atoms with E-state index in [0.717, 1.165) is 25.2 Å². The third-order valence-corrected chi connectivity index (χ3v) is 6.62. The minimum atomic E-state index is -0.720. The second-order valence-corrected chi connectivity index (χ2v) is 8.86. The van der Waals surface area contributed by atoms with Gasteiger partial charge in [0.25, 0.3) is 11.7 Å². The van der Waals surface area contributed by atoms with Gasteiger partial charge in [-0.05, 0) is 75.8 Å². The molecular formula is C28H35ClN2O5. The lowest BCUT2D eigenvalue weighted by Crippen LogP contribution is -2.33. The van der Waals surface area contributed by atoms with Crippen LogP contribution in [0.15, 0.2) is 48.0 Å². The van der Waals surface area contributed by atoms with E-state index < -0.39 is 17.7 Å². The van der Waals surface area contributed by atoms with Crippen LogP contribution in [0.1, 0.15) is 51.3 Å². The first-order valence-corrected chi connectivity index (χ1v) is 12.9. The molecule has 1 aliphatic rings. The number of carbonyl (C=O) groups excluding carboxylic acids is 2. The molecule has 36 heavy (non-hydrogen) atoms. The topological polar surface area (TPSA) is 79.3 Å². The van der Waals surface area contributed by atoms with Crippen molar-refractivity contribution in [1.82, 2.24) is 9.80 Å². The first kappa shape index (κ1) is 27.6. The lowest BCUT2D eigenvalue weighted by atomic mass is 9.95. The van der Waals surface area contributed by atoms with E-state index in [0.29, 0.717) is 48.3 Å². The van der Waals surface area contributed by atoms with Crippen LogP contribution < -0.4 is 9.47 Å². The number of Topliss-reactive ketones (excluding diaryl/α,β-unsaturated/α-hetero) is 1. The summed E-state index contributed by atoms with van der Waals surface area (Å²) in [6.07, 6.45) is 0.706. The Morgan fingerprint density at radius 2 is 1.67 bits per heavy atom. The number of hydrogen-bond donors (Lipinski definition) is 1. The maximum absolute atomic E-state index is 13.2. The molecular weight excluding hydrogens is 480 g/mol. The third kappa shape index (κ3) is 6.02. The van der Waals surface area contributed by atoms with Crippen LogP contribution in [0.2, 0.25) is 5.02 Å². The number of ether oxygens (including phenoxy) is 2. The SMILES string of the molecule is CCOc1ccc([C@H]2/C(=C(\O)c3ccc(OCC)c(Cl)c3)C(=O)C(=O)N2CCCN(CC)CC)cc1. The quantitative estimate of drug-likeness (QED) is 0.235. The highest BCUT2D eigenvalue weighted by atomic mass is 35.5. The molecule has 2 aromatic rings. The lowest BCUT2D eigenvalue weighted by molar-refractivity contribution is -0.140. The molecule has 1 amide bonds. The lowest BCUT2D eigenvalue weighted by Gasteiger charge is -2.27. The average molecular weight is 515 g/mol. The van der Waals surface area contributed by atoms with Gasteiger partial charge < -0.3 is 24.4 Å². The number of carbonyl (C=O) groups is 2. The van der Waals surface area contributed by atoms with Crippen LogP contribution in [0.3, 0.4) is 0 Å². The Labute approximate surface area is 218 Å². The van der Waals surface area contributed by atoms with Crippen LogP contribution in [0.25, 0.3) is 5.76 Å². The van der Waals surface area contributed by atoms with Gasteiger partial charge in [0, 0.05) is 12.1 Å². The van der Waals surface area contributed by atoms with Crippen LogP contribution in [-0.4, -0.2) is 66.0 Å². The first-order valence-electron chi connectivity index (χ1n) is 12.5. The summed E-state index contributed by atoms with van der Waals surface area (Å²) in [6.45, 7) is 11.9. The van der Waals surface area contributed by atoms with Crippen molar-refractivity contribution in [2.24, 2.45) is 0 Å². The molecule has 8 heteroatoms. The van der Waals surface area contributed by atoms with Crippen LogP contribution in [0, 0.1) is 0 Å². The molecule has 0 bridgehead atoms. The summed E-state index contributed by atoms with van der Waals surface area (Å²) >= 11 is 6.34. The van der Waals surface area contributed by atoms with Gasteiger partial charge in [-0.15, -0.1) is 0 Å². The van der Waals surface area contributed by atoms with Crippen molar-refractivity contribution in [2.75, 3.05) is 39.4 Å². The Hall–Kier alpha value is -3.03. The number of benzene rings is 2. The Bertz CT molecular complexity index is 1100. The number of nitrogens with zero attached hydrogens (tertiary/aromatic N) is 2.